The van der Waals surface area contributed by atoms with Crippen LogP contribution in [0.3, 0.4) is 0 Å². The number of anilines is 1. The van der Waals surface area contributed by atoms with Crippen molar-refractivity contribution in [3.05, 3.63) is 24.3 Å². The SMILES string of the molecule is CCCC(=O)Nc1cccc(OC(F)F)c1. The number of benzene rings is 1. The highest BCUT2D eigenvalue weighted by Gasteiger charge is 2.06. The van der Waals surface area contributed by atoms with Crippen molar-refractivity contribution in [2.24, 2.45) is 0 Å². The van der Waals surface area contributed by atoms with Crippen LogP contribution in [0.5, 0.6) is 5.75 Å². The number of halogens is 2. The number of carbonyl (C=O) groups excluding carboxylic acids is 1. The molecule has 0 fully saturated rings. The Morgan fingerprint density at radius 1 is 1.50 bits per heavy atom. The van der Waals surface area contributed by atoms with Crippen molar-refractivity contribution in [2.45, 2.75) is 26.4 Å². The van der Waals surface area contributed by atoms with Crippen LogP contribution in [0.15, 0.2) is 24.3 Å². The van der Waals surface area contributed by atoms with Crippen LogP contribution in [-0.2, 0) is 4.79 Å². The molecule has 0 saturated carbocycles. The van der Waals surface area contributed by atoms with E-state index in [9.17, 15) is 13.6 Å². The quantitative estimate of drug-likeness (QED) is 0.842. The fourth-order valence-electron chi connectivity index (χ4n) is 1.20. The molecule has 0 aromatic heterocycles. The van der Waals surface area contributed by atoms with Crippen LogP contribution in [0.4, 0.5) is 14.5 Å². The summed E-state index contributed by atoms with van der Waals surface area (Å²) in [5, 5.41) is 2.59. The van der Waals surface area contributed by atoms with Crippen molar-refractivity contribution in [3.8, 4) is 5.75 Å². The normalized spacial score (nSPS) is 10.2. The molecule has 1 N–H and O–H groups in total. The Labute approximate surface area is 92.4 Å². The lowest BCUT2D eigenvalue weighted by Crippen LogP contribution is -2.10. The van der Waals surface area contributed by atoms with Gasteiger partial charge in [-0.05, 0) is 18.6 Å². The minimum absolute atomic E-state index is 0.0318. The number of rotatable bonds is 5. The summed E-state index contributed by atoms with van der Waals surface area (Å²) in [5.74, 6) is -0.110. The third-order valence-electron chi connectivity index (χ3n) is 1.82. The maximum atomic E-state index is 11.9. The minimum Gasteiger partial charge on any atom is -0.435 e. The molecular weight excluding hydrogens is 216 g/mol. The molecular formula is C11H13F2NO2. The molecule has 0 spiro atoms. The molecule has 0 saturated heterocycles. The van der Waals surface area contributed by atoms with Crippen molar-refractivity contribution in [3.63, 3.8) is 0 Å². The number of nitrogens with one attached hydrogen (secondary N) is 1. The number of hydrogen-bond donors (Lipinski definition) is 1. The second-order valence-electron chi connectivity index (χ2n) is 3.20. The lowest BCUT2D eigenvalue weighted by molar-refractivity contribution is -0.116. The smallest absolute Gasteiger partial charge is 0.387 e. The molecule has 88 valence electrons. The van der Waals surface area contributed by atoms with Gasteiger partial charge >= 0.3 is 6.61 Å². The van der Waals surface area contributed by atoms with Gasteiger partial charge in [0, 0.05) is 18.2 Å². The highest BCUT2D eigenvalue weighted by Crippen LogP contribution is 2.19. The molecule has 1 rings (SSSR count). The molecule has 0 aliphatic rings. The number of carbonyl (C=O) groups is 1. The Morgan fingerprint density at radius 3 is 2.88 bits per heavy atom. The van der Waals surface area contributed by atoms with E-state index in [2.05, 4.69) is 10.1 Å². The van der Waals surface area contributed by atoms with Gasteiger partial charge in [0.05, 0.1) is 0 Å². The minimum atomic E-state index is -2.86. The average molecular weight is 229 g/mol. The van der Waals surface area contributed by atoms with Crippen LogP contribution in [-0.4, -0.2) is 12.5 Å². The zero-order valence-corrected chi connectivity index (χ0v) is 8.87. The molecule has 0 unspecified atom stereocenters. The Balaban J connectivity index is 2.63. The predicted molar refractivity (Wildman–Crippen MR) is 56.6 cm³/mol. The summed E-state index contributed by atoms with van der Waals surface area (Å²) in [4.78, 5) is 11.2. The maximum absolute atomic E-state index is 11.9. The van der Waals surface area contributed by atoms with Crippen molar-refractivity contribution in [1.29, 1.82) is 0 Å². The summed E-state index contributed by atoms with van der Waals surface area (Å²) < 4.78 is 28.1. The van der Waals surface area contributed by atoms with Gasteiger partial charge in [0.15, 0.2) is 0 Å². The van der Waals surface area contributed by atoms with E-state index in [1.807, 2.05) is 6.92 Å². The molecule has 1 aromatic carbocycles. The van der Waals surface area contributed by atoms with Crippen molar-refractivity contribution in [1.82, 2.24) is 0 Å². The summed E-state index contributed by atoms with van der Waals surface area (Å²) in [5.41, 5.74) is 0.455. The second kappa shape index (κ2) is 6.05. The van der Waals surface area contributed by atoms with Crippen molar-refractivity contribution >= 4 is 11.6 Å². The van der Waals surface area contributed by atoms with E-state index >= 15 is 0 Å². The fourth-order valence-corrected chi connectivity index (χ4v) is 1.20. The lowest BCUT2D eigenvalue weighted by atomic mass is 10.2. The van der Waals surface area contributed by atoms with Gasteiger partial charge in [-0.1, -0.05) is 13.0 Å². The van der Waals surface area contributed by atoms with Crippen LogP contribution in [0.1, 0.15) is 19.8 Å². The molecule has 1 amide bonds. The zero-order valence-electron chi connectivity index (χ0n) is 8.87. The van der Waals surface area contributed by atoms with Gasteiger partial charge in [-0.25, -0.2) is 0 Å². The van der Waals surface area contributed by atoms with E-state index in [0.717, 1.165) is 6.42 Å². The lowest BCUT2D eigenvalue weighted by Gasteiger charge is -2.07. The zero-order chi connectivity index (χ0) is 12.0. The molecule has 5 heteroatoms. The first-order valence-corrected chi connectivity index (χ1v) is 4.96. The molecule has 0 heterocycles. The van der Waals surface area contributed by atoms with Crippen molar-refractivity contribution in [2.75, 3.05) is 5.32 Å². The second-order valence-corrected chi connectivity index (χ2v) is 3.20. The fraction of sp³-hybridized carbons (Fsp3) is 0.364. The Kier molecular flexibility index (Phi) is 4.69. The summed E-state index contributed by atoms with van der Waals surface area (Å²) >= 11 is 0. The average Bonchev–Trinajstić information content (AvgIpc) is 2.17. The first-order valence-electron chi connectivity index (χ1n) is 4.96. The van der Waals surface area contributed by atoms with E-state index in [-0.39, 0.29) is 11.7 Å². The van der Waals surface area contributed by atoms with Gasteiger partial charge in [0.2, 0.25) is 5.91 Å². The van der Waals surface area contributed by atoms with E-state index < -0.39 is 6.61 Å². The number of ether oxygens (including phenoxy) is 1. The molecule has 0 bridgehead atoms. The third-order valence-corrected chi connectivity index (χ3v) is 1.82. The molecule has 0 atom stereocenters. The molecule has 1 aromatic rings. The predicted octanol–water partition coefficient (Wildman–Crippen LogP) is 3.03. The summed E-state index contributed by atoms with van der Waals surface area (Å²) in [6, 6.07) is 5.92. The molecule has 3 nitrogen and oxygen atoms in total. The summed E-state index contributed by atoms with van der Waals surface area (Å²) in [7, 11) is 0. The Bertz CT molecular complexity index is 356. The Morgan fingerprint density at radius 2 is 2.25 bits per heavy atom. The van der Waals surface area contributed by atoms with E-state index in [4.69, 9.17) is 0 Å². The Hall–Kier alpha value is -1.65. The first kappa shape index (κ1) is 12.4. The molecule has 16 heavy (non-hydrogen) atoms. The van der Waals surface area contributed by atoms with Gasteiger partial charge in [-0.3, -0.25) is 4.79 Å². The van der Waals surface area contributed by atoms with Gasteiger partial charge in [0.1, 0.15) is 5.75 Å². The molecule has 0 aliphatic carbocycles. The summed E-state index contributed by atoms with van der Waals surface area (Å²) in [6.07, 6.45) is 1.14. The highest BCUT2D eigenvalue weighted by molar-refractivity contribution is 5.90. The first-order chi connectivity index (χ1) is 7.61. The maximum Gasteiger partial charge on any atom is 0.387 e. The number of amides is 1. The highest BCUT2D eigenvalue weighted by atomic mass is 19.3. The van der Waals surface area contributed by atoms with Gasteiger partial charge in [-0.2, -0.15) is 8.78 Å². The van der Waals surface area contributed by atoms with Crippen LogP contribution >= 0.6 is 0 Å². The van der Waals surface area contributed by atoms with Crippen molar-refractivity contribution < 1.29 is 18.3 Å². The van der Waals surface area contributed by atoms with Gasteiger partial charge < -0.3 is 10.1 Å². The topological polar surface area (TPSA) is 38.3 Å². The van der Waals surface area contributed by atoms with Crippen LogP contribution in [0, 0.1) is 0 Å². The largest absolute Gasteiger partial charge is 0.435 e. The van der Waals surface area contributed by atoms with Crippen LogP contribution in [0.2, 0.25) is 0 Å². The number of alkyl halides is 2. The monoisotopic (exact) mass is 229 g/mol. The summed E-state index contributed by atoms with van der Waals surface area (Å²) in [6.45, 7) is -0.975. The van der Waals surface area contributed by atoms with E-state index in [0.29, 0.717) is 12.1 Å². The van der Waals surface area contributed by atoms with Gasteiger partial charge in [0.25, 0.3) is 0 Å². The van der Waals surface area contributed by atoms with Gasteiger partial charge in [-0.15, -0.1) is 0 Å². The van der Waals surface area contributed by atoms with Crippen LogP contribution in [0.25, 0.3) is 0 Å². The molecule has 0 radical (unpaired) electrons. The standard InChI is InChI=1S/C11H13F2NO2/c1-2-4-10(15)14-8-5-3-6-9(7-8)16-11(12)13/h3,5-7,11H,2,4H2,1H3,(H,14,15). The third kappa shape index (κ3) is 4.25. The van der Waals surface area contributed by atoms with Crippen LogP contribution < -0.4 is 10.1 Å². The number of hydrogen-bond acceptors (Lipinski definition) is 2. The molecule has 0 aliphatic heterocycles. The van der Waals surface area contributed by atoms with E-state index in [1.54, 1.807) is 12.1 Å². The van der Waals surface area contributed by atoms with E-state index in [1.165, 1.54) is 12.1 Å².